The van der Waals surface area contributed by atoms with Crippen LogP contribution in [0.3, 0.4) is 0 Å². The maximum absolute atomic E-state index is 4.57. The van der Waals surface area contributed by atoms with Crippen LogP contribution >= 0.6 is 11.8 Å². The summed E-state index contributed by atoms with van der Waals surface area (Å²) < 4.78 is 0. The Morgan fingerprint density at radius 2 is 1.55 bits per heavy atom. The molecule has 154 valence electrons. The van der Waals surface area contributed by atoms with Gasteiger partial charge in [0.1, 0.15) is 0 Å². The first-order valence-electron chi connectivity index (χ1n) is 11.2. The molecule has 3 fully saturated rings. The van der Waals surface area contributed by atoms with Gasteiger partial charge in [0, 0.05) is 29.6 Å². The largest absolute Gasteiger partial charge is 0.355 e. The van der Waals surface area contributed by atoms with Gasteiger partial charge in [-0.3, -0.25) is 0 Å². The van der Waals surface area contributed by atoms with Gasteiger partial charge in [0.15, 0.2) is 5.82 Å². The van der Waals surface area contributed by atoms with Crippen molar-refractivity contribution in [3.8, 4) is 11.3 Å². The molecule has 2 aliphatic heterocycles. The fourth-order valence-electron chi connectivity index (χ4n) is 5.24. The van der Waals surface area contributed by atoms with Gasteiger partial charge < -0.3 is 9.80 Å². The summed E-state index contributed by atoms with van der Waals surface area (Å²) in [6.07, 6.45) is 11.8. The van der Waals surface area contributed by atoms with E-state index in [0.29, 0.717) is 5.41 Å². The van der Waals surface area contributed by atoms with Crippen molar-refractivity contribution in [3.63, 3.8) is 0 Å². The van der Waals surface area contributed by atoms with Crippen molar-refractivity contribution in [2.45, 2.75) is 55.9 Å². The Morgan fingerprint density at radius 1 is 0.862 bits per heavy atom. The van der Waals surface area contributed by atoms with E-state index in [2.05, 4.69) is 62.7 Å². The number of hydrogen-bond donors (Lipinski definition) is 0. The molecule has 5 rings (SSSR count). The number of aromatic nitrogens is 2. The Balaban J connectivity index is 1.17. The Bertz CT molecular complexity index is 798. The van der Waals surface area contributed by atoms with Gasteiger partial charge >= 0.3 is 0 Å². The van der Waals surface area contributed by atoms with Crippen molar-refractivity contribution in [2.75, 3.05) is 37.3 Å². The van der Waals surface area contributed by atoms with Crippen LogP contribution in [-0.4, -0.2) is 53.6 Å². The Kier molecular flexibility index (Phi) is 5.53. The fourth-order valence-corrected chi connectivity index (χ4v) is 5.64. The first-order valence-corrected chi connectivity index (χ1v) is 12.4. The van der Waals surface area contributed by atoms with Crippen LogP contribution in [0.1, 0.15) is 44.9 Å². The van der Waals surface area contributed by atoms with E-state index in [4.69, 9.17) is 0 Å². The lowest BCUT2D eigenvalue weighted by Crippen LogP contribution is -2.51. The van der Waals surface area contributed by atoms with Crippen molar-refractivity contribution in [1.29, 1.82) is 0 Å². The maximum Gasteiger partial charge on any atom is 0.151 e. The average molecular weight is 409 g/mol. The lowest BCUT2D eigenvalue weighted by atomic mass is 9.70. The summed E-state index contributed by atoms with van der Waals surface area (Å²) in [4.78, 5) is 6.49. The fraction of sp³-hybridized carbons (Fsp3) is 0.583. The van der Waals surface area contributed by atoms with Gasteiger partial charge in [-0.25, -0.2) is 0 Å². The van der Waals surface area contributed by atoms with E-state index in [-0.39, 0.29) is 0 Å². The molecule has 0 unspecified atom stereocenters. The summed E-state index contributed by atoms with van der Waals surface area (Å²) in [6.45, 7) is 4.91. The number of likely N-dealkylation sites (tertiary alicyclic amines) is 1. The van der Waals surface area contributed by atoms with Gasteiger partial charge in [-0.2, -0.15) is 0 Å². The standard InChI is InChI=1S/C24H32N4S/c1-29-21-7-5-19(6-8-21)22-9-10-23(26-25-22)28-17-13-24(14-18-28)11-15-27(16-12-24)20-3-2-4-20/h5-10,20H,2-4,11-18H2,1H3. The summed E-state index contributed by atoms with van der Waals surface area (Å²) in [5.41, 5.74) is 2.68. The smallest absolute Gasteiger partial charge is 0.151 e. The van der Waals surface area contributed by atoms with Gasteiger partial charge in [-0.15, -0.1) is 22.0 Å². The van der Waals surface area contributed by atoms with Crippen LogP contribution in [0, 0.1) is 5.41 Å². The third-order valence-corrected chi connectivity index (χ3v) is 8.38. The van der Waals surface area contributed by atoms with Crippen LogP contribution in [0.15, 0.2) is 41.3 Å². The van der Waals surface area contributed by atoms with E-state index < -0.39 is 0 Å². The number of hydrogen-bond acceptors (Lipinski definition) is 5. The van der Waals surface area contributed by atoms with E-state index in [1.165, 1.54) is 62.9 Å². The molecule has 1 aromatic heterocycles. The molecule has 3 heterocycles. The Hall–Kier alpha value is -1.59. The topological polar surface area (TPSA) is 32.3 Å². The van der Waals surface area contributed by atoms with Crippen LogP contribution in [-0.2, 0) is 0 Å². The minimum absolute atomic E-state index is 0.586. The second-order valence-electron chi connectivity index (χ2n) is 9.11. The zero-order valence-electron chi connectivity index (χ0n) is 17.5. The molecule has 0 radical (unpaired) electrons. The zero-order valence-corrected chi connectivity index (χ0v) is 18.3. The molecule has 0 atom stereocenters. The van der Waals surface area contributed by atoms with E-state index in [1.807, 2.05) is 0 Å². The highest BCUT2D eigenvalue weighted by molar-refractivity contribution is 7.98. The van der Waals surface area contributed by atoms with Crippen LogP contribution < -0.4 is 4.90 Å². The molecular formula is C24H32N4S. The zero-order chi connectivity index (χ0) is 19.7. The van der Waals surface area contributed by atoms with Gasteiger partial charge in [0.25, 0.3) is 0 Å². The Labute approximate surface area is 179 Å². The molecule has 29 heavy (non-hydrogen) atoms. The van der Waals surface area contributed by atoms with Crippen LogP contribution in [0.25, 0.3) is 11.3 Å². The van der Waals surface area contributed by atoms with Crippen molar-refractivity contribution in [3.05, 3.63) is 36.4 Å². The van der Waals surface area contributed by atoms with E-state index >= 15 is 0 Å². The number of anilines is 1. The second-order valence-corrected chi connectivity index (χ2v) is 9.99. The maximum atomic E-state index is 4.57. The molecule has 0 amide bonds. The monoisotopic (exact) mass is 408 g/mol. The number of benzene rings is 1. The number of rotatable bonds is 4. The van der Waals surface area contributed by atoms with Gasteiger partial charge in [0.05, 0.1) is 5.69 Å². The molecule has 0 bridgehead atoms. The van der Waals surface area contributed by atoms with Crippen molar-refractivity contribution in [1.82, 2.24) is 15.1 Å². The summed E-state index contributed by atoms with van der Waals surface area (Å²) in [6, 6.07) is 13.8. The number of piperidine rings is 2. The van der Waals surface area contributed by atoms with Gasteiger partial charge in [-0.1, -0.05) is 18.6 Å². The first kappa shape index (κ1) is 19.4. The molecule has 3 aliphatic rings. The molecule has 1 aromatic carbocycles. The highest BCUT2D eigenvalue weighted by Crippen LogP contribution is 2.43. The minimum Gasteiger partial charge on any atom is -0.355 e. The Morgan fingerprint density at radius 3 is 2.10 bits per heavy atom. The summed E-state index contributed by atoms with van der Waals surface area (Å²) in [7, 11) is 0. The lowest BCUT2D eigenvalue weighted by molar-refractivity contribution is 0.0305. The number of nitrogens with zero attached hydrogens (tertiary/aromatic N) is 4. The quantitative estimate of drug-likeness (QED) is 0.657. The highest BCUT2D eigenvalue weighted by atomic mass is 32.2. The molecule has 1 spiro atoms. The van der Waals surface area contributed by atoms with Crippen molar-refractivity contribution < 1.29 is 0 Å². The SMILES string of the molecule is CSc1ccc(-c2ccc(N3CCC4(CC3)CCN(C3CCC3)CC4)nn2)cc1. The molecule has 2 saturated heterocycles. The molecule has 0 N–H and O–H groups in total. The third-order valence-electron chi connectivity index (χ3n) is 7.63. The molecule has 2 aromatic rings. The van der Waals surface area contributed by atoms with Crippen LogP contribution in [0.5, 0.6) is 0 Å². The first-order chi connectivity index (χ1) is 14.2. The third kappa shape index (κ3) is 4.04. The highest BCUT2D eigenvalue weighted by Gasteiger charge is 2.39. The van der Waals surface area contributed by atoms with Crippen molar-refractivity contribution >= 4 is 17.6 Å². The minimum atomic E-state index is 0.586. The van der Waals surface area contributed by atoms with Crippen LogP contribution in [0.4, 0.5) is 5.82 Å². The number of thioether (sulfide) groups is 1. The normalized spacial score (nSPS) is 22.6. The predicted octanol–water partition coefficient (Wildman–Crippen LogP) is 5.10. The summed E-state index contributed by atoms with van der Waals surface area (Å²) in [5.74, 6) is 1.04. The predicted molar refractivity (Wildman–Crippen MR) is 122 cm³/mol. The van der Waals surface area contributed by atoms with E-state index in [9.17, 15) is 0 Å². The molecule has 1 saturated carbocycles. The molecular weight excluding hydrogens is 376 g/mol. The molecule has 1 aliphatic carbocycles. The lowest BCUT2D eigenvalue weighted by Gasteiger charge is -2.50. The van der Waals surface area contributed by atoms with Gasteiger partial charge in [0.2, 0.25) is 0 Å². The summed E-state index contributed by atoms with van der Waals surface area (Å²) >= 11 is 1.76. The van der Waals surface area contributed by atoms with Crippen molar-refractivity contribution in [2.24, 2.45) is 5.41 Å². The van der Waals surface area contributed by atoms with Crippen LogP contribution in [0.2, 0.25) is 0 Å². The van der Waals surface area contributed by atoms with E-state index in [1.54, 1.807) is 11.8 Å². The van der Waals surface area contributed by atoms with E-state index in [0.717, 1.165) is 36.2 Å². The molecule has 5 heteroatoms. The molecule has 4 nitrogen and oxygen atoms in total. The van der Waals surface area contributed by atoms with Gasteiger partial charge in [-0.05, 0) is 87.6 Å². The second kappa shape index (κ2) is 8.27. The summed E-state index contributed by atoms with van der Waals surface area (Å²) in [5, 5.41) is 9.09. The average Bonchev–Trinajstić information content (AvgIpc) is 2.75.